The zero-order valence-electron chi connectivity index (χ0n) is 24.9. The van der Waals surface area contributed by atoms with E-state index in [1.807, 2.05) is 41.5 Å². The van der Waals surface area contributed by atoms with Crippen LogP contribution in [0.2, 0.25) is 0 Å². The summed E-state index contributed by atoms with van der Waals surface area (Å²) in [5, 5.41) is 9.89. The molecule has 5 nitrogen and oxygen atoms in total. The Kier molecular flexibility index (Phi) is 11.1. The quantitative estimate of drug-likeness (QED) is 0.225. The van der Waals surface area contributed by atoms with E-state index in [2.05, 4.69) is 41.5 Å². The zero-order chi connectivity index (χ0) is 27.4. The van der Waals surface area contributed by atoms with Gasteiger partial charge >= 0.3 is 5.97 Å². The average molecular weight is 485 g/mol. The highest BCUT2D eigenvalue weighted by molar-refractivity contribution is 6.02. The van der Waals surface area contributed by atoms with Gasteiger partial charge in [-0.15, -0.1) is 0 Å². The molecule has 0 saturated carbocycles. The molecule has 0 bridgehead atoms. The van der Waals surface area contributed by atoms with Crippen LogP contribution in [0.1, 0.15) is 123 Å². The Balaban J connectivity index is 5.56. The molecule has 0 radical (unpaired) electrons. The summed E-state index contributed by atoms with van der Waals surface area (Å²) in [5.41, 5.74) is -2.54. The van der Waals surface area contributed by atoms with Crippen molar-refractivity contribution in [2.75, 3.05) is 13.2 Å². The van der Waals surface area contributed by atoms with E-state index in [0.717, 1.165) is 6.42 Å². The van der Waals surface area contributed by atoms with Crippen LogP contribution >= 0.6 is 0 Å². The number of esters is 1. The molecule has 0 aliphatic carbocycles. The molecule has 1 atom stereocenters. The minimum absolute atomic E-state index is 0.0349. The van der Waals surface area contributed by atoms with Gasteiger partial charge < -0.3 is 14.6 Å². The molecule has 1 N–H and O–H groups in total. The van der Waals surface area contributed by atoms with Gasteiger partial charge in [-0.1, -0.05) is 69.2 Å². The van der Waals surface area contributed by atoms with E-state index in [4.69, 9.17) is 9.47 Å². The molecule has 0 aliphatic rings. The van der Waals surface area contributed by atoms with Gasteiger partial charge in [0.1, 0.15) is 5.92 Å². The molecular weight excluding hydrogens is 428 g/mol. The number of ketones is 1. The second-order valence-electron chi connectivity index (χ2n) is 15.2. The molecule has 0 amide bonds. The van der Waals surface area contributed by atoms with Crippen molar-refractivity contribution < 1.29 is 24.2 Å². The summed E-state index contributed by atoms with van der Waals surface area (Å²) >= 11 is 0. The molecule has 5 heteroatoms. The van der Waals surface area contributed by atoms with Crippen LogP contribution < -0.4 is 0 Å². The number of Topliss-reactive ketones (excluding diaryl/α,β-unsaturated/α-hetero) is 1. The second-order valence-corrected chi connectivity index (χ2v) is 15.2. The SMILES string of the molecule is CC(C)(C)CC(C)(C)C(=O)C(C(=O)OCCC(C)(C)OCCC(C)(C)O)C(C)(C)CC(C)(C)C. The maximum absolute atomic E-state index is 13.9. The van der Waals surface area contributed by atoms with Gasteiger partial charge in [-0.3, -0.25) is 9.59 Å². The molecule has 0 spiro atoms. The number of carbonyl (C=O) groups is 2. The molecule has 0 fully saturated rings. The highest BCUT2D eigenvalue weighted by Gasteiger charge is 2.49. The molecule has 0 heterocycles. The average Bonchev–Trinajstić information content (AvgIpc) is 2.47. The normalized spacial score (nSPS) is 15.3. The van der Waals surface area contributed by atoms with E-state index in [0.29, 0.717) is 25.9 Å². The Bertz CT molecular complexity index is 666. The predicted octanol–water partition coefficient (Wildman–Crippen LogP) is 6.99. The van der Waals surface area contributed by atoms with Crippen molar-refractivity contribution in [2.45, 2.75) is 134 Å². The van der Waals surface area contributed by atoms with Gasteiger partial charge in [-0.25, -0.2) is 0 Å². The minimum atomic E-state index is -0.830. The molecule has 34 heavy (non-hydrogen) atoms. The topological polar surface area (TPSA) is 72.8 Å². The number of hydrogen-bond donors (Lipinski definition) is 1. The second kappa shape index (κ2) is 11.4. The van der Waals surface area contributed by atoms with Gasteiger partial charge in [0, 0.05) is 11.8 Å². The summed E-state index contributed by atoms with van der Waals surface area (Å²) in [6, 6.07) is 0. The third-order valence-electron chi connectivity index (χ3n) is 6.06. The van der Waals surface area contributed by atoms with E-state index in [9.17, 15) is 14.7 Å². The smallest absolute Gasteiger partial charge is 0.317 e. The summed E-state index contributed by atoms with van der Waals surface area (Å²) in [5.74, 6) is -1.31. The van der Waals surface area contributed by atoms with Crippen molar-refractivity contribution in [3.63, 3.8) is 0 Å². The monoisotopic (exact) mass is 484 g/mol. The van der Waals surface area contributed by atoms with E-state index >= 15 is 0 Å². The number of hydrogen-bond acceptors (Lipinski definition) is 5. The lowest BCUT2D eigenvalue weighted by atomic mass is 9.62. The highest BCUT2D eigenvalue weighted by atomic mass is 16.5. The molecule has 0 aromatic carbocycles. The predicted molar refractivity (Wildman–Crippen MR) is 141 cm³/mol. The Morgan fingerprint density at radius 3 is 1.59 bits per heavy atom. The summed E-state index contributed by atoms with van der Waals surface area (Å²) in [6.07, 6.45) is 2.45. The van der Waals surface area contributed by atoms with E-state index in [-0.39, 0.29) is 23.2 Å². The van der Waals surface area contributed by atoms with E-state index < -0.39 is 33.9 Å². The van der Waals surface area contributed by atoms with Gasteiger partial charge in [0.2, 0.25) is 0 Å². The van der Waals surface area contributed by atoms with Gasteiger partial charge in [-0.2, -0.15) is 0 Å². The number of ether oxygens (including phenoxy) is 2. The van der Waals surface area contributed by atoms with Crippen LogP contribution in [-0.4, -0.2) is 41.3 Å². The third-order valence-corrected chi connectivity index (χ3v) is 6.06. The largest absolute Gasteiger partial charge is 0.465 e. The Morgan fingerprint density at radius 2 is 1.18 bits per heavy atom. The summed E-state index contributed by atoms with van der Waals surface area (Å²) in [4.78, 5) is 27.3. The maximum Gasteiger partial charge on any atom is 0.317 e. The first-order chi connectivity index (χ1) is 14.8. The minimum Gasteiger partial charge on any atom is -0.465 e. The number of rotatable bonds is 13. The molecule has 0 rings (SSSR count). The van der Waals surface area contributed by atoms with Crippen LogP contribution in [-0.2, 0) is 19.1 Å². The number of aliphatic hydroxyl groups is 1. The first-order valence-corrected chi connectivity index (χ1v) is 12.9. The molecule has 1 unspecified atom stereocenters. The molecule has 202 valence electrons. The summed E-state index contributed by atoms with van der Waals surface area (Å²) in [7, 11) is 0. The van der Waals surface area contributed by atoms with Crippen molar-refractivity contribution >= 4 is 11.8 Å². The van der Waals surface area contributed by atoms with Crippen molar-refractivity contribution in [3.8, 4) is 0 Å². The fourth-order valence-corrected chi connectivity index (χ4v) is 5.18. The first kappa shape index (κ1) is 33.1. The highest BCUT2D eigenvalue weighted by Crippen LogP contribution is 2.45. The summed E-state index contributed by atoms with van der Waals surface area (Å²) in [6.45, 7) is 28.7. The van der Waals surface area contributed by atoms with Gasteiger partial charge in [0.05, 0.1) is 24.4 Å². The van der Waals surface area contributed by atoms with Crippen LogP contribution in [0.4, 0.5) is 0 Å². The molecule has 0 aromatic heterocycles. The van der Waals surface area contributed by atoms with Gasteiger partial charge in [0.15, 0.2) is 5.78 Å². The standard InChI is InChI=1S/C29H56O5/c1-24(2,3)19-26(7,8)21(22(30)27(9,10)20-25(4,5)6)23(31)33-17-16-29(13,14)34-18-15-28(11,12)32/h21,32H,15-20H2,1-14H3. The van der Waals surface area contributed by atoms with Crippen LogP contribution in [0.3, 0.4) is 0 Å². The molecule has 0 aliphatic heterocycles. The summed E-state index contributed by atoms with van der Waals surface area (Å²) < 4.78 is 11.7. The fraction of sp³-hybridized carbons (Fsp3) is 0.931. The zero-order valence-corrected chi connectivity index (χ0v) is 24.9. The van der Waals surface area contributed by atoms with Crippen LogP contribution in [0.5, 0.6) is 0 Å². The Morgan fingerprint density at radius 1 is 0.706 bits per heavy atom. The lowest BCUT2D eigenvalue weighted by molar-refractivity contribution is -0.162. The van der Waals surface area contributed by atoms with Crippen molar-refractivity contribution in [1.82, 2.24) is 0 Å². The lowest BCUT2D eigenvalue weighted by Crippen LogP contribution is -2.47. The van der Waals surface area contributed by atoms with Crippen molar-refractivity contribution in [2.24, 2.45) is 27.6 Å². The molecule has 0 aromatic rings. The number of carbonyl (C=O) groups excluding carboxylic acids is 2. The van der Waals surface area contributed by atoms with Crippen LogP contribution in [0.25, 0.3) is 0 Å². The van der Waals surface area contributed by atoms with Gasteiger partial charge in [-0.05, 0) is 63.2 Å². The fourth-order valence-electron chi connectivity index (χ4n) is 5.18. The van der Waals surface area contributed by atoms with Crippen LogP contribution in [0, 0.1) is 27.6 Å². The maximum atomic E-state index is 13.9. The molecule has 0 saturated heterocycles. The first-order valence-electron chi connectivity index (χ1n) is 12.9. The Labute approximate surface area is 210 Å². The van der Waals surface area contributed by atoms with Crippen molar-refractivity contribution in [1.29, 1.82) is 0 Å². The third kappa shape index (κ3) is 13.2. The Hall–Kier alpha value is -0.940. The van der Waals surface area contributed by atoms with E-state index in [1.54, 1.807) is 13.8 Å². The van der Waals surface area contributed by atoms with Crippen LogP contribution in [0.15, 0.2) is 0 Å². The lowest BCUT2D eigenvalue weighted by Gasteiger charge is -2.41. The van der Waals surface area contributed by atoms with Gasteiger partial charge in [0.25, 0.3) is 0 Å². The van der Waals surface area contributed by atoms with Crippen molar-refractivity contribution in [3.05, 3.63) is 0 Å². The van der Waals surface area contributed by atoms with E-state index in [1.165, 1.54) is 0 Å². The molecular formula is C29H56O5.